The second-order valence-corrected chi connectivity index (χ2v) is 23.5. The number of halogens is 1. The highest BCUT2D eigenvalue weighted by Crippen LogP contribution is 2.42. The number of hydrogen-bond acceptors (Lipinski definition) is 17. The molecule has 0 spiro atoms. The standard InChI is InChI=1S/C29H52N4O8.C23H19FN2O4.C9H12N2O2.C3H8O.C3H8.2C2H6/c1-8-9-10-25(37)33-23(11-12-24(36)31-19-26(38)32-21(2)20-34)27(39)30-16-18-41-29(6,7)15-17-40-28(4,5)14-13-22(3)35;1-10-11-4-3-5-12-14-8-26-18(20(14)25-17(19(11)12)7-16(10)24)6-13-15(22(26)27)9-30-23(28)21(13)29-2;1-11-8-4-2-7(3-5-8)6-13-9(10)12;1-2-3-4;1-3-2;2*1-2/h20-21,23,35H,3,8-19H2,1-2,4-7H3,(H,30,39)(H,31,36)(H,32,38)(H,33,37);6-7,21H,3-5,8-9H2,1-2H3;2-5,11H,6H2,1H3,(H2,10,12);4H,2-3H2,1H3;3H2,1-2H3;2*1-2H3. The normalized spacial score (nSPS) is 13.5. The number of methoxy groups -OCH3 is 1. The van der Waals surface area contributed by atoms with Gasteiger partial charge in [-0.2, -0.15) is 0 Å². The summed E-state index contributed by atoms with van der Waals surface area (Å²) in [4.78, 5) is 100. The Bertz CT molecular complexity index is 3150. The molecule has 3 unspecified atom stereocenters. The number of ether oxygens (including phenoxy) is 5. The largest absolute Gasteiger partial charge is 0.513 e. The van der Waals surface area contributed by atoms with E-state index in [1.54, 1.807) is 4.57 Å². The van der Waals surface area contributed by atoms with Crippen LogP contribution in [-0.2, 0) is 85.1 Å². The molecule has 3 atom stereocenters. The maximum Gasteiger partial charge on any atom is 0.404 e. The first-order chi connectivity index (χ1) is 45.1. The molecule has 23 nitrogen and oxygen atoms in total. The lowest BCUT2D eigenvalue weighted by atomic mass is 9.85. The number of aldehydes is 1. The summed E-state index contributed by atoms with van der Waals surface area (Å²) in [5.74, 6) is -2.31. The molecule has 24 heteroatoms. The van der Waals surface area contributed by atoms with Gasteiger partial charge in [0.1, 0.15) is 31.4 Å². The van der Waals surface area contributed by atoms with E-state index in [2.05, 4.69) is 51.7 Å². The number of rotatable bonds is 28. The number of aliphatic hydroxyl groups is 2. The number of aromatic nitrogens is 2. The number of anilines is 1. The number of allylic oxidation sites excluding steroid dienone is 1. The average molecular weight is 1340 g/mol. The lowest BCUT2D eigenvalue weighted by molar-refractivity contribution is -0.159. The third-order valence-corrected chi connectivity index (χ3v) is 14.8. The number of hydrogen-bond donors (Lipinski definition) is 8. The van der Waals surface area contributed by atoms with Crippen LogP contribution in [0.15, 0.2) is 53.5 Å². The Morgan fingerprint density at radius 1 is 0.863 bits per heavy atom. The van der Waals surface area contributed by atoms with Gasteiger partial charge in [0.05, 0.1) is 71.8 Å². The van der Waals surface area contributed by atoms with Gasteiger partial charge >= 0.3 is 12.1 Å². The molecule has 0 radical (unpaired) electrons. The number of amides is 5. The minimum Gasteiger partial charge on any atom is -0.513 e. The molecule has 0 fully saturated rings. The number of aliphatic hydroxyl groups excluding tert-OH is 2. The van der Waals surface area contributed by atoms with Crippen LogP contribution in [0, 0.1) is 12.7 Å². The van der Waals surface area contributed by atoms with Gasteiger partial charge in [-0.05, 0) is 133 Å². The topological polar surface area (TPSA) is 327 Å². The number of nitrogens with zero attached hydrogens (tertiary/aromatic N) is 2. The summed E-state index contributed by atoms with van der Waals surface area (Å²) in [7, 11) is 3.26. The van der Waals surface area contributed by atoms with Crippen molar-refractivity contribution >= 4 is 58.6 Å². The fourth-order valence-corrected chi connectivity index (χ4v) is 9.74. The second kappa shape index (κ2) is 44.8. The van der Waals surface area contributed by atoms with Crippen LogP contribution in [0.5, 0.6) is 0 Å². The van der Waals surface area contributed by atoms with Gasteiger partial charge in [0, 0.05) is 74.8 Å². The minimum absolute atomic E-state index is 0.0466. The van der Waals surface area contributed by atoms with E-state index in [4.69, 9.17) is 34.8 Å². The third-order valence-electron chi connectivity index (χ3n) is 14.8. The van der Waals surface area contributed by atoms with Crippen LogP contribution in [0.3, 0.4) is 0 Å². The summed E-state index contributed by atoms with van der Waals surface area (Å²) >= 11 is 0. The highest BCUT2D eigenvalue weighted by molar-refractivity contribution is 5.93. The highest BCUT2D eigenvalue weighted by Gasteiger charge is 2.37. The van der Waals surface area contributed by atoms with Gasteiger partial charge in [0.2, 0.25) is 23.6 Å². The molecule has 0 bridgehead atoms. The number of esters is 1. The molecule has 2 aromatic carbocycles. The molecule has 4 heterocycles. The second-order valence-electron chi connectivity index (χ2n) is 23.5. The lowest BCUT2D eigenvalue weighted by Gasteiger charge is -2.30. The van der Waals surface area contributed by atoms with Gasteiger partial charge in [0.15, 0.2) is 6.10 Å². The van der Waals surface area contributed by atoms with Gasteiger partial charge in [-0.1, -0.05) is 86.9 Å². The molecule has 2 aromatic heterocycles. The fourth-order valence-electron chi connectivity index (χ4n) is 9.74. The number of benzene rings is 2. The first-order valence-corrected chi connectivity index (χ1v) is 33.3. The smallest absolute Gasteiger partial charge is 0.404 e. The van der Waals surface area contributed by atoms with Gasteiger partial charge in [-0.15, -0.1) is 0 Å². The summed E-state index contributed by atoms with van der Waals surface area (Å²) in [5, 5.41) is 31.5. The van der Waals surface area contributed by atoms with E-state index in [0.29, 0.717) is 85.3 Å². The minimum atomic E-state index is -0.929. The van der Waals surface area contributed by atoms with Crippen molar-refractivity contribution in [3.63, 3.8) is 0 Å². The van der Waals surface area contributed by atoms with Crippen LogP contribution in [0.1, 0.15) is 206 Å². The van der Waals surface area contributed by atoms with Crippen LogP contribution < -0.4 is 37.9 Å². The summed E-state index contributed by atoms with van der Waals surface area (Å²) in [6.07, 6.45) is 7.13. The molecule has 532 valence electrons. The SMILES string of the molecule is C=C(O)CCC(C)(C)OCCC(C)(C)OCCNC(=O)C(CCC(=O)NCC(=O)NC(C)C=O)NC(=O)CCCC.CC.CC.CCC.CCCO.CNc1ccc(COC(N)=O)cc1.COC1C(=O)OCc2c1cc1n(c2=O)Cc2c-1nc1cc(F)c(C)c3c1c2CCC3. The first kappa shape index (κ1) is 85.2. The number of carbonyl (C=O) groups excluding carboxylic acids is 7. The fraction of sp³-hybridized carbons (Fsp3) is 0.592. The predicted molar refractivity (Wildman–Crippen MR) is 369 cm³/mol. The Kier molecular flexibility index (Phi) is 40.2. The zero-order chi connectivity index (χ0) is 72.0. The molecule has 7 rings (SSSR count). The number of primary amides is 1. The van der Waals surface area contributed by atoms with E-state index in [1.807, 2.05) is 114 Å². The Labute approximate surface area is 562 Å². The summed E-state index contributed by atoms with van der Waals surface area (Å²) in [6, 6.07) is 9.27. The molecule has 1 aliphatic carbocycles. The van der Waals surface area contributed by atoms with Crippen molar-refractivity contribution in [2.75, 3.05) is 52.4 Å². The molecule has 2 aliphatic heterocycles. The molecule has 9 N–H and O–H groups in total. The van der Waals surface area contributed by atoms with Crippen molar-refractivity contribution < 1.29 is 71.8 Å². The molecule has 4 aromatic rings. The number of nitrogens with one attached hydrogen (secondary N) is 5. The number of nitrogens with two attached hydrogens (primary N) is 1. The van der Waals surface area contributed by atoms with Gasteiger partial charge < -0.3 is 75.6 Å². The maximum atomic E-state index is 14.6. The Hall–Kier alpha value is -7.80. The Morgan fingerprint density at radius 3 is 2.06 bits per heavy atom. The number of fused-ring (bicyclic) bond motifs is 5. The lowest BCUT2D eigenvalue weighted by Crippen LogP contribution is -2.48. The van der Waals surface area contributed by atoms with Crippen LogP contribution >= 0.6 is 0 Å². The molecule has 3 aliphatic rings. The number of unbranched alkanes of at least 4 members (excludes halogenated alkanes) is 1. The molecule has 5 amide bonds. The van der Waals surface area contributed by atoms with E-state index in [-0.39, 0.29) is 75.2 Å². The molecule has 95 heavy (non-hydrogen) atoms. The average Bonchev–Trinajstić information content (AvgIpc) is 1.62. The van der Waals surface area contributed by atoms with Crippen LogP contribution in [-0.4, -0.2) is 132 Å². The summed E-state index contributed by atoms with van der Waals surface area (Å²) in [6.45, 7) is 32.2. The highest BCUT2D eigenvalue weighted by atomic mass is 19.1. The van der Waals surface area contributed by atoms with E-state index >= 15 is 0 Å². The van der Waals surface area contributed by atoms with Gasteiger partial charge in [-0.25, -0.2) is 19.0 Å². The van der Waals surface area contributed by atoms with E-state index in [1.165, 1.54) is 26.5 Å². The number of pyridine rings is 2. The first-order valence-electron chi connectivity index (χ1n) is 33.3. The quantitative estimate of drug-likeness (QED) is 0.00998. The molecular weight excluding hydrogens is 1220 g/mol. The number of cyclic esters (lactones) is 1. The van der Waals surface area contributed by atoms with Gasteiger partial charge in [0.25, 0.3) is 5.56 Å². The monoisotopic (exact) mass is 1330 g/mol. The predicted octanol–water partition coefficient (Wildman–Crippen LogP) is 10.5. The number of carbonyl (C=O) groups is 7. The molecular formula is C71H111FN8O15. The third kappa shape index (κ3) is 29.0. The van der Waals surface area contributed by atoms with Crippen molar-refractivity contribution in [2.45, 2.75) is 230 Å². The zero-order valence-corrected chi connectivity index (χ0v) is 59.4. The van der Waals surface area contributed by atoms with Gasteiger partial charge in [-0.3, -0.25) is 24.0 Å². The molecule has 0 saturated carbocycles. The Morgan fingerprint density at radius 2 is 1.48 bits per heavy atom. The van der Waals surface area contributed by atoms with Crippen LogP contribution in [0.4, 0.5) is 14.9 Å². The maximum absolute atomic E-state index is 14.6. The van der Waals surface area contributed by atoms with Crippen molar-refractivity contribution in [3.8, 4) is 11.4 Å². The van der Waals surface area contributed by atoms with Crippen molar-refractivity contribution in [2.24, 2.45) is 5.73 Å². The van der Waals surface area contributed by atoms with Crippen LogP contribution in [0.25, 0.3) is 22.3 Å². The molecule has 0 saturated heterocycles. The van der Waals surface area contributed by atoms with Crippen LogP contribution in [0.2, 0.25) is 0 Å². The van der Waals surface area contributed by atoms with E-state index in [0.717, 1.165) is 65.4 Å². The summed E-state index contributed by atoms with van der Waals surface area (Å²) < 4.78 is 43.2. The number of aryl methyl sites for hydroxylation is 2. The Balaban J connectivity index is 0.000000719. The van der Waals surface area contributed by atoms with Crippen molar-refractivity contribution in [1.82, 2.24) is 30.8 Å². The van der Waals surface area contributed by atoms with E-state index < -0.39 is 59.2 Å². The zero-order valence-electron chi connectivity index (χ0n) is 59.4. The summed E-state index contributed by atoms with van der Waals surface area (Å²) in [5.41, 5.74) is 12.5. The van der Waals surface area contributed by atoms with Crippen molar-refractivity contribution in [3.05, 3.63) is 104 Å². The van der Waals surface area contributed by atoms with E-state index in [9.17, 15) is 47.9 Å². The van der Waals surface area contributed by atoms with Crippen molar-refractivity contribution in [1.29, 1.82) is 0 Å².